The second-order valence-electron chi connectivity index (χ2n) is 4.65. The van der Waals surface area contributed by atoms with Crippen LogP contribution in [0.2, 0.25) is 25.6 Å². The summed E-state index contributed by atoms with van der Waals surface area (Å²) >= 11 is 28.0. The van der Waals surface area contributed by atoms with E-state index in [1.54, 1.807) is 12.1 Å². The van der Waals surface area contributed by atoms with Crippen molar-refractivity contribution in [2.24, 2.45) is 0 Å². The van der Waals surface area contributed by atoms with Crippen molar-refractivity contribution in [1.29, 1.82) is 0 Å². The second kappa shape index (κ2) is 10.0. The molecule has 0 radical (unpaired) electrons. The first-order chi connectivity index (χ1) is 11.9. The van der Waals surface area contributed by atoms with Crippen LogP contribution >= 0.6 is 58.0 Å². The molecule has 0 aliphatic heterocycles. The minimum Gasteiger partial charge on any atom is -0.489 e. The van der Waals surface area contributed by atoms with Crippen molar-refractivity contribution in [2.75, 3.05) is 0 Å². The van der Waals surface area contributed by atoms with Gasteiger partial charge in [0.05, 0.1) is 0 Å². The van der Waals surface area contributed by atoms with Crippen LogP contribution in [0.25, 0.3) is 0 Å². The Balaban J connectivity index is 0.000000212. The number of pyridine rings is 2. The molecule has 0 N–H and O–H groups in total. The smallest absolute Gasteiger partial charge is 0.134 e. The zero-order valence-electron chi connectivity index (χ0n) is 12.6. The maximum atomic E-state index is 5.76. The molecule has 8 heteroatoms. The topological polar surface area (TPSA) is 35.0 Å². The Kier molecular flexibility index (Phi) is 8.07. The van der Waals surface area contributed by atoms with Gasteiger partial charge in [-0.2, -0.15) is 0 Å². The molecule has 2 heterocycles. The van der Waals surface area contributed by atoms with Crippen LogP contribution in [0.3, 0.4) is 0 Å². The number of hydrogen-bond donors (Lipinski definition) is 0. The van der Waals surface area contributed by atoms with Crippen LogP contribution in [0.4, 0.5) is 0 Å². The maximum absolute atomic E-state index is 5.76. The second-order valence-corrected chi connectivity index (χ2v) is 6.64. The molecule has 0 fully saturated rings. The van der Waals surface area contributed by atoms with Crippen LogP contribution in [0.1, 0.15) is 5.56 Å². The molecule has 0 aliphatic carbocycles. The van der Waals surface area contributed by atoms with Gasteiger partial charge in [-0.05, 0) is 17.7 Å². The van der Waals surface area contributed by atoms with Gasteiger partial charge in [0.1, 0.15) is 33.0 Å². The van der Waals surface area contributed by atoms with Crippen LogP contribution in [0.5, 0.6) is 5.75 Å². The van der Waals surface area contributed by atoms with Gasteiger partial charge in [0.25, 0.3) is 0 Å². The summed E-state index contributed by atoms with van der Waals surface area (Å²) in [7, 11) is 0. The van der Waals surface area contributed by atoms with E-state index < -0.39 is 0 Å². The fourth-order valence-corrected chi connectivity index (χ4v) is 2.92. The SMILES string of the molecule is Clc1cc(Cl)nc(Cl)c1.Clc1cc(OCc2ccccc2)cc(Cl)n1. The fourth-order valence-electron chi connectivity index (χ4n) is 1.70. The van der Waals surface area contributed by atoms with E-state index in [4.69, 9.17) is 62.7 Å². The van der Waals surface area contributed by atoms with E-state index in [-0.39, 0.29) is 0 Å². The quantitative estimate of drug-likeness (QED) is 0.414. The molecule has 0 saturated carbocycles. The first-order valence-corrected chi connectivity index (χ1v) is 8.80. The summed E-state index contributed by atoms with van der Waals surface area (Å²) in [6, 6.07) is 16.2. The van der Waals surface area contributed by atoms with E-state index in [0.29, 0.717) is 38.0 Å². The van der Waals surface area contributed by atoms with Gasteiger partial charge in [-0.25, -0.2) is 9.97 Å². The number of nitrogens with zero attached hydrogens (tertiary/aromatic N) is 2. The molecular formula is C17H11Cl5N2O. The molecule has 0 atom stereocenters. The van der Waals surface area contributed by atoms with Crippen LogP contribution in [-0.2, 0) is 6.61 Å². The average Bonchev–Trinajstić information content (AvgIpc) is 2.52. The molecule has 0 bridgehead atoms. The highest BCUT2D eigenvalue weighted by Crippen LogP contribution is 2.21. The lowest BCUT2D eigenvalue weighted by atomic mass is 10.2. The normalized spacial score (nSPS) is 9.96. The van der Waals surface area contributed by atoms with Crippen LogP contribution in [0.15, 0.2) is 54.6 Å². The van der Waals surface area contributed by atoms with E-state index in [0.717, 1.165) is 5.56 Å². The van der Waals surface area contributed by atoms with E-state index >= 15 is 0 Å². The van der Waals surface area contributed by atoms with Gasteiger partial charge in [0, 0.05) is 17.2 Å². The third-order valence-corrected chi connectivity index (χ3v) is 3.70. The van der Waals surface area contributed by atoms with Gasteiger partial charge in [-0.15, -0.1) is 0 Å². The minimum atomic E-state index is 0.313. The van der Waals surface area contributed by atoms with Gasteiger partial charge in [-0.3, -0.25) is 0 Å². The number of rotatable bonds is 3. The number of aromatic nitrogens is 2. The maximum Gasteiger partial charge on any atom is 0.134 e. The highest BCUT2D eigenvalue weighted by molar-refractivity contribution is 6.36. The summed E-state index contributed by atoms with van der Waals surface area (Å²) in [6.45, 7) is 0.484. The van der Waals surface area contributed by atoms with E-state index in [9.17, 15) is 0 Å². The number of hydrogen-bond acceptors (Lipinski definition) is 3. The molecule has 25 heavy (non-hydrogen) atoms. The molecule has 1 aromatic carbocycles. The molecule has 3 nitrogen and oxygen atoms in total. The predicted molar refractivity (Wildman–Crippen MR) is 104 cm³/mol. The van der Waals surface area contributed by atoms with E-state index in [1.807, 2.05) is 30.3 Å². The predicted octanol–water partition coefficient (Wildman–Crippen LogP) is 7.01. The van der Waals surface area contributed by atoms with Gasteiger partial charge >= 0.3 is 0 Å². The standard InChI is InChI=1S/C12H9Cl2NO.C5H2Cl3N/c13-11-6-10(7-12(14)15-11)16-8-9-4-2-1-3-5-9;6-3-1-4(7)9-5(8)2-3/h1-7H,8H2;1-2H. The monoisotopic (exact) mass is 434 g/mol. The Bertz CT molecular complexity index is 760. The van der Waals surface area contributed by atoms with Crippen molar-refractivity contribution in [3.05, 3.63) is 85.8 Å². The summed E-state index contributed by atoms with van der Waals surface area (Å²) in [6.07, 6.45) is 0. The van der Waals surface area contributed by atoms with Crippen LogP contribution < -0.4 is 4.74 Å². The number of benzene rings is 1. The Morgan fingerprint density at radius 1 is 0.680 bits per heavy atom. The molecule has 0 aliphatic rings. The third-order valence-electron chi connectivity index (χ3n) is 2.71. The van der Waals surface area contributed by atoms with Crippen molar-refractivity contribution < 1.29 is 4.74 Å². The molecule has 0 saturated heterocycles. The van der Waals surface area contributed by atoms with Crippen LogP contribution in [0, 0.1) is 0 Å². The lowest BCUT2D eigenvalue weighted by Crippen LogP contribution is -1.95. The summed E-state index contributed by atoms with van der Waals surface area (Å²) in [5.74, 6) is 0.619. The lowest BCUT2D eigenvalue weighted by Gasteiger charge is -2.06. The van der Waals surface area contributed by atoms with Gasteiger partial charge in [0.15, 0.2) is 0 Å². The molecule has 3 rings (SSSR count). The van der Waals surface area contributed by atoms with Gasteiger partial charge in [0.2, 0.25) is 0 Å². The number of halogens is 5. The summed E-state index contributed by atoms with van der Waals surface area (Å²) in [5, 5.41) is 1.78. The molecular weight excluding hydrogens is 425 g/mol. The summed E-state index contributed by atoms with van der Waals surface area (Å²) in [4.78, 5) is 7.52. The Labute approximate surface area is 170 Å². The Hall–Kier alpha value is -1.23. The van der Waals surface area contributed by atoms with E-state index in [1.165, 1.54) is 12.1 Å². The fraction of sp³-hybridized carbons (Fsp3) is 0.0588. The minimum absolute atomic E-state index is 0.313. The first-order valence-electron chi connectivity index (χ1n) is 6.91. The molecule has 3 aromatic rings. The highest BCUT2D eigenvalue weighted by atomic mass is 35.5. The summed E-state index contributed by atoms with van der Waals surface area (Å²) in [5.41, 5.74) is 1.09. The van der Waals surface area contributed by atoms with Crippen molar-refractivity contribution in [3.8, 4) is 5.75 Å². The number of ether oxygens (including phenoxy) is 1. The van der Waals surface area contributed by atoms with Crippen molar-refractivity contribution in [1.82, 2.24) is 9.97 Å². The largest absolute Gasteiger partial charge is 0.489 e. The Morgan fingerprint density at radius 3 is 1.64 bits per heavy atom. The Morgan fingerprint density at radius 2 is 1.16 bits per heavy atom. The average molecular weight is 437 g/mol. The molecule has 130 valence electrons. The molecule has 0 amide bonds. The molecule has 2 aromatic heterocycles. The van der Waals surface area contributed by atoms with Crippen molar-refractivity contribution >= 4 is 58.0 Å². The molecule has 0 unspecified atom stereocenters. The first kappa shape index (κ1) is 20.1. The lowest BCUT2D eigenvalue weighted by molar-refractivity contribution is 0.306. The highest BCUT2D eigenvalue weighted by Gasteiger charge is 2.00. The van der Waals surface area contributed by atoms with E-state index in [2.05, 4.69) is 9.97 Å². The zero-order valence-corrected chi connectivity index (χ0v) is 16.4. The van der Waals surface area contributed by atoms with Gasteiger partial charge in [-0.1, -0.05) is 88.3 Å². The van der Waals surface area contributed by atoms with Crippen molar-refractivity contribution in [3.63, 3.8) is 0 Å². The summed E-state index contributed by atoms with van der Waals surface area (Å²) < 4.78 is 5.54. The van der Waals surface area contributed by atoms with Crippen molar-refractivity contribution in [2.45, 2.75) is 6.61 Å². The van der Waals surface area contributed by atoms with Crippen LogP contribution in [-0.4, -0.2) is 9.97 Å². The van der Waals surface area contributed by atoms with Gasteiger partial charge < -0.3 is 4.74 Å². The third kappa shape index (κ3) is 7.68. The molecule has 0 spiro atoms. The zero-order chi connectivity index (χ0) is 18.2.